The number of rotatable bonds is 6. The van der Waals surface area contributed by atoms with Gasteiger partial charge in [0.1, 0.15) is 0 Å². The summed E-state index contributed by atoms with van der Waals surface area (Å²) in [6, 6.07) is 10.6. The summed E-state index contributed by atoms with van der Waals surface area (Å²) in [7, 11) is 3.15. The van der Waals surface area contributed by atoms with Gasteiger partial charge in [0.25, 0.3) is 0 Å². The maximum atomic E-state index is 6.12. The molecule has 0 aliphatic heterocycles. The van der Waals surface area contributed by atoms with Crippen LogP contribution in [0.4, 0.5) is 5.69 Å². The second-order valence-corrected chi connectivity index (χ2v) is 5.89. The number of methoxy groups -OCH3 is 2. The van der Waals surface area contributed by atoms with E-state index in [2.05, 4.69) is 15.5 Å². The first-order valence-corrected chi connectivity index (χ1v) is 8.10. The predicted octanol–water partition coefficient (Wildman–Crippen LogP) is 4.67. The van der Waals surface area contributed by atoms with E-state index in [4.69, 9.17) is 37.1 Å². The Bertz CT molecular complexity index is 883. The first kappa shape index (κ1) is 17.4. The van der Waals surface area contributed by atoms with Crippen molar-refractivity contribution in [2.24, 2.45) is 0 Å². The molecule has 0 unspecified atom stereocenters. The topological polar surface area (TPSA) is 69.4 Å². The van der Waals surface area contributed by atoms with Gasteiger partial charge in [0.15, 0.2) is 11.5 Å². The molecule has 3 rings (SSSR count). The molecule has 0 aliphatic rings. The second-order valence-electron chi connectivity index (χ2n) is 5.05. The number of halogens is 2. The molecule has 0 saturated heterocycles. The highest BCUT2D eigenvalue weighted by Crippen LogP contribution is 2.32. The average molecular weight is 380 g/mol. The van der Waals surface area contributed by atoms with E-state index >= 15 is 0 Å². The molecular weight excluding hydrogens is 365 g/mol. The Balaban J connectivity index is 1.74. The van der Waals surface area contributed by atoms with Gasteiger partial charge in [-0.05, 0) is 36.4 Å². The smallest absolute Gasteiger partial charge is 0.247 e. The molecule has 6 nitrogen and oxygen atoms in total. The third kappa shape index (κ3) is 3.97. The lowest BCUT2D eigenvalue weighted by atomic mass is 10.2. The normalized spacial score (nSPS) is 10.6. The van der Waals surface area contributed by atoms with Crippen molar-refractivity contribution in [2.45, 2.75) is 6.54 Å². The number of aromatic nitrogens is 2. The molecule has 8 heteroatoms. The SMILES string of the molecule is COc1ccc(-c2nnc(CNc3ccc(Cl)cc3Cl)o2)cc1OC. The lowest BCUT2D eigenvalue weighted by Crippen LogP contribution is -2.00. The molecule has 0 spiro atoms. The van der Waals surface area contributed by atoms with Crippen LogP contribution < -0.4 is 14.8 Å². The molecule has 3 aromatic rings. The number of nitrogens with one attached hydrogen (secondary N) is 1. The highest BCUT2D eigenvalue weighted by molar-refractivity contribution is 6.36. The Labute approximate surface area is 154 Å². The van der Waals surface area contributed by atoms with Crippen molar-refractivity contribution in [1.82, 2.24) is 10.2 Å². The Morgan fingerprint density at radius 2 is 1.80 bits per heavy atom. The molecule has 25 heavy (non-hydrogen) atoms. The van der Waals surface area contributed by atoms with E-state index in [1.165, 1.54) is 0 Å². The van der Waals surface area contributed by atoms with Gasteiger partial charge in [-0.25, -0.2) is 0 Å². The lowest BCUT2D eigenvalue weighted by Gasteiger charge is -2.07. The van der Waals surface area contributed by atoms with Gasteiger partial charge in [0.05, 0.1) is 31.5 Å². The summed E-state index contributed by atoms with van der Waals surface area (Å²) in [5.41, 5.74) is 1.47. The molecule has 130 valence electrons. The maximum absolute atomic E-state index is 6.12. The third-order valence-corrected chi connectivity index (χ3v) is 4.01. The minimum atomic E-state index is 0.335. The Morgan fingerprint density at radius 1 is 1.00 bits per heavy atom. The predicted molar refractivity (Wildman–Crippen MR) is 96.6 cm³/mol. The molecule has 1 N–H and O–H groups in total. The summed E-state index contributed by atoms with van der Waals surface area (Å²) in [5.74, 6) is 2.03. The van der Waals surface area contributed by atoms with Crippen LogP contribution in [-0.4, -0.2) is 24.4 Å². The molecule has 0 aliphatic carbocycles. The molecule has 0 saturated carbocycles. The summed E-state index contributed by atoms with van der Waals surface area (Å²) >= 11 is 12.0. The molecule has 0 atom stereocenters. The largest absolute Gasteiger partial charge is 0.493 e. The van der Waals surface area contributed by atoms with E-state index in [1.807, 2.05) is 6.07 Å². The third-order valence-electron chi connectivity index (χ3n) is 3.46. The summed E-state index contributed by atoms with van der Waals surface area (Å²) in [6.45, 7) is 0.335. The van der Waals surface area contributed by atoms with Gasteiger partial charge in [-0.15, -0.1) is 10.2 Å². The van der Waals surface area contributed by atoms with Crippen molar-refractivity contribution in [3.8, 4) is 23.0 Å². The first-order valence-electron chi connectivity index (χ1n) is 7.34. The molecule has 0 fully saturated rings. The molecule has 1 heterocycles. The van der Waals surface area contributed by atoms with Crippen molar-refractivity contribution in [3.63, 3.8) is 0 Å². The quantitative estimate of drug-likeness (QED) is 0.670. The summed E-state index contributed by atoms with van der Waals surface area (Å²) in [4.78, 5) is 0. The minimum Gasteiger partial charge on any atom is -0.493 e. The van der Waals surface area contributed by atoms with E-state index in [0.717, 1.165) is 11.3 Å². The van der Waals surface area contributed by atoms with Crippen molar-refractivity contribution < 1.29 is 13.9 Å². The van der Waals surface area contributed by atoms with Crippen LogP contribution in [0.25, 0.3) is 11.5 Å². The van der Waals surface area contributed by atoms with Gasteiger partial charge in [-0.1, -0.05) is 23.2 Å². The van der Waals surface area contributed by atoms with E-state index < -0.39 is 0 Å². The van der Waals surface area contributed by atoms with Gasteiger partial charge >= 0.3 is 0 Å². The summed E-state index contributed by atoms with van der Waals surface area (Å²) in [5, 5.41) is 12.3. The van der Waals surface area contributed by atoms with Crippen LogP contribution in [0.15, 0.2) is 40.8 Å². The van der Waals surface area contributed by atoms with Crippen molar-refractivity contribution in [3.05, 3.63) is 52.3 Å². The Kier molecular flexibility index (Phi) is 5.31. The average Bonchev–Trinajstić information content (AvgIpc) is 3.09. The van der Waals surface area contributed by atoms with Crippen LogP contribution in [0.3, 0.4) is 0 Å². The highest BCUT2D eigenvalue weighted by atomic mass is 35.5. The zero-order valence-corrected chi connectivity index (χ0v) is 15.1. The first-order chi connectivity index (χ1) is 12.1. The van der Waals surface area contributed by atoms with Crippen LogP contribution in [0.1, 0.15) is 5.89 Å². The molecule has 0 amide bonds. The highest BCUT2D eigenvalue weighted by Gasteiger charge is 2.12. The van der Waals surface area contributed by atoms with Gasteiger partial charge in [0, 0.05) is 10.6 Å². The van der Waals surface area contributed by atoms with Crippen LogP contribution in [-0.2, 0) is 6.54 Å². The fraction of sp³-hybridized carbons (Fsp3) is 0.176. The van der Waals surface area contributed by atoms with E-state index in [1.54, 1.807) is 44.6 Å². The van der Waals surface area contributed by atoms with Crippen molar-refractivity contribution in [1.29, 1.82) is 0 Å². The number of hydrogen-bond acceptors (Lipinski definition) is 6. The van der Waals surface area contributed by atoms with Crippen molar-refractivity contribution in [2.75, 3.05) is 19.5 Å². The van der Waals surface area contributed by atoms with E-state index in [-0.39, 0.29) is 0 Å². The lowest BCUT2D eigenvalue weighted by molar-refractivity contribution is 0.355. The number of anilines is 1. The number of ether oxygens (including phenoxy) is 2. The molecule has 1 aromatic heterocycles. The van der Waals surface area contributed by atoms with Crippen LogP contribution in [0.2, 0.25) is 10.0 Å². The zero-order chi connectivity index (χ0) is 17.8. The zero-order valence-electron chi connectivity index (χ0n) is 13.5. The fourth-order valence-corrected chi connectivity index (χ4v) is 2.69. The van der Waals surface area contributed by atoms with Gasteiger partial charge in [0.2, 0.25) is 11.8 Å². The summed E-state index contributed by atoms with van der Waals surface area (Å²) in [6.07, 6.45) is 0. The molecule has 0 bridgehead atoms. The standard InChI is InChI=1S/C17H15Cl2N3O3/c1-23-14-6-3-10(7-15(14)24-2)17-22-21-16(25-17)9-20-13-5-4-11(18)8-12(13)19/h3-8,20H,9H2,1-2H3. The second kappa shape index (κ2) is 7.63. The van der Waals surface area contributed by atoms with Crippen molar-refractivity contribution >= 4 is 28.9 Å². The monoisotopic (exact) mass is 379 g/mol. The number of benzene rings is 2. The van der Waals surface area contributed by atoms with Crippen LogP contribution in [0.5, 0.6) is 11.5 Å². The minimum absolute atomic E-state index is 0.335. The van der Waals surface area contributed by atoms with Crippen LogP contribution in [0, 0.1) is 0 Å². The van der Waals surface area contributed by atoms with Crippen LogP contribution >= 0.6 is 23.2 Å². The van der Waals surface area contributed by atoms with E-state index in [0.29, 0.717) is 39.9 Å². The maximum Gasteiger partial charge on any atom is 0.247 e. The fourth-order valence-electron chi connectivity index (χ4n) is 2.21. The van der Waals surface area contributed by atoms with Gasteiger partial charge < -0.3 is 19.2 Å². The Morgan fingerprint density at radius 3 is 2.52 bits per heavy atom. The molecule has 2 aromatic carbocycles. The summed E-state index contributed by atoms with van der Waals surface area (Å²) < 4.78 is 16.2. The number of hydrogen-bond donors (Lipinski definition) is 1. The van der Waals surface area contributed by atoms with Gasteiger partial charge in [-0.3, -0.25) is 0 Å². The Hall–Kier alpha value is -2.44. The molecule has 0 radical (unpaired) electrons. The molecular formula is C17H15Cl2N3O3. The van der Waals surface area contributed by atoms with E-state index in [9.17, 15) is 0 Å². The van der Waals surface area contributed by atoms with Gasteiger partial charge in [-0.2, -0.15) is 0 Å². The number of nitrogens with zero attached hydrogens (tertiary/aromatic N) is 2.